The summed E-state index contributed by atoms with van der Waals surface area (Å²) >= 11 is 0. The monoisotopic (exact) mass is 376 g/mol. The topological polar surface area (TPSA) is 50.8 Å². The van der Waals surface area contributed by atoms with Gasteiger partial charge in [-0.3, -0.25) is 4.79 Å². The van der Waals surface area contributed by atoms with Gasteiger partial charge in [-0.25, -0.2) is 0 Å². The molecule has 1 aromatic rings. The third-order valence-corrected chi connectivity index (χ3v) is 5.65. The lowest BCUT2D eigenvalue weighted by Crippen LogP contribution is -2.47. The molecule has 0 radical (unpaired) electrons. The highest BCUT2D eigenvalue weighted by Crippen LogP contribution is 2.35. The lowest BCUT2D eigenvalue weighted by molar-refractivity contribution is -0.143. The molecule has 5 nitrogen and oxygen atoms in total. The van der Waals surface area contributed by atoms with E-state index in [0.29, 0.717) is 12.5 Å². The number of rotatable bonds is 10. The van der Waals surface area contributed by atoms with Gasteiger partial charge in [0.15, 0.2) is 0 Å². The van der Waals surface area contributed by atoms with Crippen molar-refractivity contribution in [3.63, 3.8) is 0 Å². The first kappa shape index (κ1) is 21.7. The summed E-state index contributed by atoms with van der Waals surface area (Å²) in [5.41, 5.74) is 0.0854. The Morgan fingerprint density at radius 3 is 2.56 bits per heavy atom. The Morgan fingerprint density at radius 2 is 1.96 bits per heavy atom. The van der Waals surface area contributed by atoms with Gasteiger partial charge in [0.05, 0.1) is 6.61 Å². The molecule has 2 atom stereocenters. The van der Waals surface area contributed by atoms with Crippen LogP contribution in [-0.2, 0) is 9.53 Å². The average Bonchev–Trinajstić information content (AvgIpc) is 2.69. The molecule has 1 fully saturated rings. The van der Waals surface area contributed by atoms with E-state index >= 15 is 0 Å². The summed E-state index contributed by atoms with van der Waals surface area (Å²) in [5, 5.41) is 3.02. The predicted molar refractivity (Wildman–Crippen MR) is 110 cm³/mol. The lowest BCUT2D eigenvalue weighted by Gasteiger charge is -2.37. The molecular weight excluding hydrogens is 340 g/mol. The zero-order valence-electron chi connectivity index (χ0n) is 17.4. The Labute approximate surface area is 164 Å². The van der Waals surface area contributed by atoms with Crippen molar-refractivity contribution in [1.82, 2.24) is 4.90 Å². The van der Waals surface area contributed by atoms with E-state index in [9.17, 15) is 4.79 Å². The van der Waals surface area contributed by atoms with Crippen molar-refractivity contribution >= 4 is 11.6 Å². The molecule has 0 bridgehead atoms. The van der Waals surface area contributed by atoms with E-state index in [-0.39, 0.29) is 5.91 Å². The molecule has 1 saturated carbocycles. The van der Waals surface area contributed by atoms with Crippen molar-refractivity contribution in [3.05, 3.63) is 24.3 Å². The van der Waals surface area contributed by atoms with E-state index in [1.807, 2.05) is 24.3 Å². The molecule has 5 heteroatoms. The minimum atomic E-state index is -0.697. The van der Waals surface area contributed by atoms with Gasteiger partial charge < -0.3 is 19.7 Å². The van der Waals surface area contributed by atoms with Crippen molar-refractivity contribution < 1.29 is 14.3 Å². The van der Waals surface area contributed by atoms with Crippen LogP contribution < -0.4 is 10.1 Å². The molecule has 1 aliphatic carbocycles. The summed E-state index contributed by atoms with van der Waals surface area (Å²) in [6.45, 7) is 10.5. The van der Waals surface area contributed by atoms with Crippen LogP contribution >= 0.6 is 0 Å². The third-order valence-electron chi connectivity index (χ3n) is 5.65. The Hall–Kier alpha value is -1.59. The Morgan fingerprint density at radius 1 is 1.26 bits per heavy atom. The highest BCUT2D eigenvalue weighted by Gasteiger charge is 2.41. The second kappa shape index (κ2) is 10.7. The summed E-state index contributed by atoms with van der Waals surface area (Å²) in [7, 11) is 1.65. The summed E-state index contributed by atoms with van der Waals surface area (Å²) in [6.07, 6.45) is 4.77. The largest absolute Gasteiger partial charge is 0.494 e. The van der Waals surface area contributed by atoms with Gasteiger partial charge in [0.1, 0.15) is 11.4 Å². The van der Waals surface area contributed by atoms with Gasteiger partial charge in [0, 0.05) is 19.3 Å². The summed E-state index contributed by atoms with van der Waals surface area (Å²) in [5.74, 6) is 1.31. The molecule has 1 aromatic carbocycles. The van der Waals surface area contributed by atoms with E-state index in [1.54, 1.807) is 7.11 Å². The fraction of sp³-hybridized carbons (Fsp3) is 0.682. The normalized spacial score (nSPS) is 22.6. The molecule has 0 heterocycles. The van der Waals surface area contributed by atoms with Crippen LogP contribution in [0.1, 0.15) is 52.9 Å². The van der Waals surface area contributed by atoms with E-state index in [1.165, 1.54) is 6.42 Å². The maximum Gasteiger partial charge on any atom is 0.256 e. The number of methoxy groups -OCH3 is 1. The number of nitrogens with one attached hydrogen (secondary N) is 1. The van der Waals surface area contributed by atoms with Crippen LogP contribution in [0, 0.1) is 5.92 Å². The summed E-state index contributed by atoms with van der Waals surface area (Å²) in [4.78, 5) is 15.2. The molecule has 0 saturated heterocycles. The number of hydrogen-bond donors (Lipinski definition) is 1. The second-order valence-corrected chi connectivity index (χ2v) is 7.61. The summed E-state index contributed by atoms with van der Waals surface area (Å²) < 4.78 is 11.5. The zero-order chi connectivity index (χ0) is 19.7. The van der Waals surface area contributed by atoms with E-state index in [0.717, 1.165) is 56.8 Å². The van der Waals surface area contributed by atoms with Crippen molar-refractivity contribution in [3.8, 4) is 5.75 Å². The molecule has 152 valence electrons. The van der Waals surface area contributed by atoms with Crippen LogP contribution in [0.4, 0.5) is 5.69 Å². The molecular formula is C22H36N2O3. The van der Waals surface area contributed by atoms with Gasteiger partial charge in [0.25, 0.3) is 5.91 Å². The Balaban J connectivity index is 1.83. The molecule has 27 heavy (non-hydrogen) atoms. The van der Waals surface area contributed by atoms with E-state index < -0.39 is 5.60 Å². The molecule has 1 aliphatic rings. The first-order valence-electron chi connectivity index (χ1n) is 10.3. The van der Waals surface area contributed by atoms with Crippen molar-refractivity contribution in [1.29, 1.82) is 0 Å². The van der Waals surface area contributed by atoms with Gasteiger partial charge in [0.2, 0.25) is 0 Å². The number of benzene rings is 1. The fourth-order valence-corrected chi connectivity index (χ4v) is 3.88. The van der Waals surface area contributed by atoms with Crippen LogP contribution in [0.5, 0.6) is 5.75 Å². The van der Waals surface area contributed by atoms with Crippen molar-refractivity contribution in [2.75, 3.05) is 38.7 Å². The zero-order valence-corrected chi connectivity index (χ0v) is 17.4. The smallest absolute Gasteiger partial charge is 0.256 e. The third kappa shape index (κ3) is 6.22. The molecule has 0 unspecified atom stereocenters. The molecule has 2 rings (SSSR count). The SMILES string of the molecule is CCN(CC)CCCOc1ccc(NC(=O)[C@]2(OC)CCC[C@@H](C)C2)cc1. The van der Waals surface area contributed by atoms with E-state index in [2.05, 4.69) is 31.0 Å². The standard InChI is InChI=1S/C22H36N2O3/c1-5-24(6-2)15-8-16-27-20-12-10-19(11-13-20)23-21(25)22(26-4)14-7-9-18(3)17-22/h10-13,18H,5-9,14-17H2,1-4H3,(H,23,25)/t18-,22+/m1/s1. The van der Waals surface area contributed by atoms with Crippen LogP contribution in [0.3, 0.4) is 0 Å². The molecule has 0 aromatic heterocycles. The Kier molecular flexibility index (Phi) is 8.58. The summed E-state index contributed by atoms with van der Waals surface area (Å²) in [6, 6.07) is 7.62. The molecule has 1 N–H and O–H groups in total. The van der Waals surface area contributed by atoms with Gasteiger partial charge in [-0.15, -0.1) is 0 Å². The number of carbonyl (C=O) groups excluding carboxylic acids is 1. The van der Waals surface area contributed by atoms with Crippen LogP contribution in [0.15, 0.2) is 24.3 Å². The first-order valence-corrected chi connectivity index (χ1v) is 10.3. The highest BCUT2D eigenvalue weighted by atomic mass is 16.5. The minimum Gasteiger partial charge on any atom is -0.494 e. The number of anilines is 1. The second-order valence-electron chi connectivity index (χ2n) is 7.61. The molecule has 0 spiro atoms. The number of carbonyl (C=O) groups is 1. The highest BCUT2D eigenvalue weighted by molar-refractivity contribution is 5.97. The quantitative estimate of drug-likeness (QED) is 0.618. The van der Waals surface area contributed by atoms with Crippen molar-refractivity contribution in [2.24, 2.45) is 5.92 Å². The maximum atomic E-state index is 12.8. The first-order chi connectivity index (χ1) is 13.0. The van der Waals surface area contributed by atoms with E-state index in [4.69, 9.17) is 9.47 Å². The Bertz CT molecular complexity index is 571. The van der Waals surface area contributed by atoms with Gasteiger partial charge in [-0.2, -0.15) is 0 Å². The number of amides is 1. The predicted octanol–water partition coefficient (Wildman–Crippen LogP) is 4.33. The van der Waals surface area contributed by atoms with Gasteiger partial charge in [-0.1, -0.05) is 27.2 Å². The van der Waals surface area contributed by atoms with Crippen molar-refractivity contribution in [2.45, 2.75) is 58.5 Å². The van der Waals surface area contributed by atoms with Gasteiger partial charge in [-0.05, 0) is 69.0 Å². The maximum absolute atomic E-state index is 12.8. The number of ether oxygens (including phenoxy) is 2. The molecule has 1 amide bonds. The number of nitrogens with zero attached hydrogens (tertiary/aromatic N) is 1. The van der Waals surface area contributed by atoms with Gasteiger partial charge >= 0.3 is 0 Å². The van der Waals surface area contributed by atoms with Crippen LogP contribution in [0.25, 0.3) is 0 Å². The van der Waals surface area contributed by atoms with Crippen LogP contribution in [0.2, 0.25) is 0 Å². The fourth-order valence-electron chi connectivity index (χ4n) is 3.88. The average molecular weight is 377 g/mol. The minimum absolute atomic E-state index is 0.0376. The van der Waals surface area contributed by atoms with Crippen LogP contribution in [-0.4, -0.2) is 49.8 Å². The number of hydrogen-bond acceptors (Lipinski definition) is 4. The lowest BCUT2D eigenvalue weighted by atomic mass is 9.78. The molecule has 0 aliphatic heterocycles.